The van der Waals surface area contributed by atoms with Gasteiger partial charge in [-0.05, 0) is 0 Å². The zero-order chi connectivity index (χ0) is 12.5. The van der Waals surface area contributed by atoms with E-state index in [1.54, 1.807) is 0 Å². The first-order valence-electron chi connectivity index (χ1n) is 3.92. The zero-order valence-corrected chi connectivity index (χ0v) is 11.5. The Labute approximate surface area is 117 Å². The third-order valence-corrected chi connectivity index (χ3v) is 2.26. The van der Waals surface area contributed by atoms with E-state index in [1.807, 2.05) is 0 Å². The minimum Gasteiger partial charge on any atom is -0.756 e. The largest absolute Gasteiger partial charge is 1.00 e. The van der Waals surface area contributed by atoms with Gasteiger partial charge in [0.1, 0.15) is 6.10 Å². The summed E-state index contributed by atoms with van der Waals surface area (Å²) >= 11 is 0. The molecular formula is C6H8NaO9P. The Morgan fingerprint density at radius 2 is 2.06 bits per heavy atom. The molecule has 0 aromatic carbocycles. The summed E-state index contributed by atoms with van der Waals surface area (Å²) in [6.45, 7) is -0.970. The van der Waals surface area contributed by atoms with E-state index in [9.17, 15) is 14.3 Å². The van der Waals surface area contributed by atoms with Crippen molar-refractivity contribution in [1.29, 1.82) is 0 Å². The molecule has 0 fully saturated rings. The first kappa shape index (κ1) is 16.9. The van der Waals surface area contributed by atoms with Crippen molar-refractivity contribution in [1.82, 2.24) is 0 Å². The van der Waals surface area contributed by atoms with Crippen LogP contribution in [0.4, 0.5) is 0 Å². The fraction of sp³-hybridized carbons (Fsp3) is 0.500. The molecule has 1 rings (SSSR count). The molecule has 3 atom stereocenters. The van der Waals surface area contributed by atoms with Crippen LogP contribution in [0.1, 0.15) is 0 Å². The molecular weight excluding hydrogens is 270 g/mol. The van der Waals surface area contributed by atoms with Crippen LogP contribution < -0.4 is 34.5 Å². The molecule has 17 heavy (non-hydrogen) atoms. The van der Waals surface area contributed by atoms with Gasteiger partial charge < -0.3 is 34.4 Å². The molecule has 0 spiro atoms. The Morgan fingerprint density at radius 1 is 1.53 bits per heavy atom. The molecule has 0 aliphatic carbocycles. The van der Waals surface area contributed by atoms with Gasteiger partial charge in [-0.3, -0.25) is 4.57 Å². The predicted octanol–water partition coefficient (Wildman–Crippen LogP) is -4.92. The van der Waals surface area contributed by atoms with Gasteiger partial charge in [-0.2, -0.15) is 0 Å². The van der Waals surface area contributed by atoms with Gasteiger partial charge in [0.2, 0.25) is 5.76 Å². The maximum atomic E-state index is 10.7. The van der Waals surface area contributed by atoms with Crippen molar-refractivity contribution in [2.75, 3.05) is 6.61 Å². The molecule has 0 saturated carbocycles. The molecule has 0 aromatic rings. The van der Waals surface area contributed by atoms with Crippen molar-refractivity contribution in [2.45, 2.75) is 12.2 Å². The van der Waals surface area contributed by atoms with E-state index in [0.717, 1.165) is 0 Å². The summed E-state index contributed by atoms with van der Waals surface area (Å²) in [6.07, 6.45) is -3.42. The first-order valence-corrected chi connectivity index (χ1v) is 5.42. The molecule has 1 aliphatic rings. The van der Waals surface area contributed by atoms with E-state index in [1.165, 1.54) is 0 Å². The number of cyclic esters (lactones) is 1. The van der Waals surface area contributed by atoms with Crippen LogP contribution in [0.3, 0.4) is 0 Å². The third kappa shape index (κ3) is 4.23. The van der Waals surface area contributed by atoms with Crippen molar-refractivity contribution in [3.63, 3.8) is 0 Å². The smallest absolute Gasteiger partial charge is 0.756 e. The number of aliphatic hydroxyl groups excluding tert-OH is 3. The number of phosphoric acid groups is 1. The number of ether oxygens (including phenoxy) is 1. The van der Waals surface area contributed by atoms with Crippen LogP contribution in [0.2, 0.25) is 0 Å². The minimum absolute atomic E-state index is 0. The van der Waals surface area contributed by atoms with Gasteiger partial charge in [0.15, 0.2) is 11.9 Å². The Bertz CT molecular complexity index is 374. The minimum atomic E-state index is -5.17. The summed E-state index contributed by atoms with van der Waals surface area (Å²) in [5.41, 5.74) is 0. The van der Waals surface area contributed by atoms with E-state index < -0.39 is 44.1 Å². The van der Waals surface area contributed by atoms with Crippen LogP contribution in [0.25, 0.3) is 0 Å². The molecule has 92 valence electrons. The number of esters is 1. The first-order chi connectivity index (χ1) is 7.26. The van der Waals surface area contributed by atoms with Crippen LogP contribution in [0.15, 0.2) is 11.5 Å². The normalized spacial score (nSPS) is 24.9. The van der Waals surface area contributed by atoms with Crippen molar-refractivity contribution in [2.24, 2.45) is 0 Å². The molecule has 9 nitrogen and oxygen atoms in total. The molecule has 4 N–H and O–H groups in total. The summed E-state index contributed by atoms with van der Waals surface area (Å²) in [5.74, 6) is -3.37. The van der Waals surface area contributed by atoms with E-state index >= 15 is 0 Å². The molecule has 0 amide bonds. The molecule has 1 aliphatic heterocycles. The second-order valence-electron chi connectivity index (χ2n) is 2.85. The quantitative estimate of drug-likeness (QED) is 0.225. The van der Waals surface area contributed by atoms with Crippen molar-refractivity contribution >= 4 is 13.8 Å². The summed E-state index contributed by atoms with van der Waals surface area (Å²) in [6, 6.07) is 0. The number of hydrogen-bond acceptors (Lipinski definition) is 8. The predicted molar refractivity (Wildman–Crippen MR) is 43.9 cm³/mol. The molecule has 0 saturated heterocycles. The molecule has 0 bridgehead atoms. The summed E-state index contributed by atoms with van der Waals surface area (Å²) < 4.78 is 18.7. The van der Waals surface area contributed by atoms with Crippen LogP contribution in [0.5, 0.6) is 0 Å². The van der Waals surface area contributed by atoms with Gasteiger partial charge in [-0.25, -0.2) is 4.79 Å². The Morgan fingerprint density at radius 3 is 2.35 bits per heavy atom. The van der Waals surface area contributed by atoms with Crippen LogP contribution in [-0.4, -0.2) is 45.0 Å². The fourth-order valence-electron chi connectivity index (χ4n) is 1.07. The number of rotatable bonds is 4. The molecule has 1 unspecified atom stereocenters. The van der Waals surface area contributed by atoms with Crippen molar-refractivity contribution < 1.29 is 73.3 Å². The maximum absolute atomic E-state index is 10.7. The standard InChI is InChI=1S/C6H9O9P.Na/c7-1-2(15-16(11,12)13)5-3(8)4(9)6(10)14-5;/h2,5,7-9H,1H2,(H2,11,12,13);/q;+1/p-1/t2-,5+;/m0./s1. The molecule has 0 aromatic heterocycles. The number of carbonyl (C=O) groups excluding carboxylic acids is 1. The maximum Gasteiger partial charge on any atom is 1.00 e. The summed E-state index contributed by atoms with van der Waals surface area (Å²) in [4.78, 5) is 29.5. The Hall–Kier alpha value is -0.120. The third-order valence-electron chi connectivity index (χ3n) is 1.73. The van der Waals surface area contributed by atoms with Gasteiger partial charge in [0, 0.05) is 0 Å². The second kappa shape index (κ2) is 6.17. The monoisotopic (exact) mass is 278 g/mol. The number of hydrogen-bond donors (Lipinski definition) is 4. The van der Waals surface area contributed by atoms with E-state index in [4.69, 9.17) is 20.2 Å². The van der Waals surface area contributed by atoms with Gasteiger partial charge in [0.05, 0.1) is 6.61 Å². The molecule has 11 heteroatoms. The second-order valence-corrected chi connectivity index (χ2v) is 4.00. The van der Waals surface area contributed by atoms with Crippen molar-refractivity contribution in [3.05, 3.63) is 11.5 Å². The molecule has 1 heterocycles. The molecule has 0 radical (unpaired) electrons. The number of carbonyl (C=O) groups is 1. The van der Waals surface area contributed by atoms with Crippen LogP contribution in [0, 0.1) is 0 Å². The Kier molecular flexibility index (Phi) is 6.12. The van der Waals surface area contributed by atoms with Crippen LogP contribution >= 0.6 is 7.82 Å². The topological polar surface area (TPSA) is 157 Å². The fourth-order valence-corrected chi connectivity index (χ4v) is 1.59. The van der Waals surface area contributed by atoms with Gasteiger partial charge in [-0.1, -0.05) is 0 Å². The Balaban J connectivity index is 0.00000256. The van der Waals surface area contributed by atoms with Crippen molar-refractivity contribution in [3.8, 4) is 0 Å². The van der Waals surface area contributed by atoms with Crippen LogP contribution in [-0.2, 0) is 18.6 Å². The zero-order valence-electron chi connectivity index (χ0n) is 8.64. The average molecular weight is 278 g/mol. The van der Waals surface area contributed by atoms with Gasteiger partial charge in [-0.15, -0.1) is 0 Å². The summed E-state index contributed by atoms with van der Waals surface area (Å²) in [5, 5.41) is 26.8. The summed E-state index contributed by atoms with van der Waals surface area (Å²) in [7, 11) is -5.17. The van der Waals surface area contributed by atoms with E-state index in [0.29, 0.717) is 0 Å². The van der Waals surface area contributed by atoms with E-state index in [-0.39, 0.29) is 29.6 Å². The van der Waals surface area contributed by atoms with Gasteiger partial charge in [0.25, 0.3) is 7.82 Å². The number of aliphatic hydroxyl groups is 3. The van der Waals surface area contributed by atoms with E-state index in [2.05, 4.69) is 9.26 Å². The van der Waals surface area contributed by atoms with Gasteiger partial charge >= 0.3 is 35.5 Å². The average Bonchev–Trinajstić information content (AvgIpc) is 2.41. The number of phosphoric ester groups is 1. The SMILES string of the molecule is O=C1O[C@H]([C@H](CO)OP(=O)([O-])O)C(O)=C1O.[Na+].